The molecule has 0 N–H and O–H groups in total. The van der Waals surface area contributed by atoms with Gasteiger partial charge in [-0.2, -0.15) is 0 Å². The number of ether oxygens (including phenoxy) is 1. The van der Waals surface area contributed by atoms with Gasteiger partial charge in [0.1, 0.15) is 0 Å². The second kappa shape index (κ2) is 5.11. The first-order chi connectivity index (χ1) is 8.48. The molecule has 0 saturated carbocycles. The Balaban J connectivity index is 2.18. The number of hydrogen-bond donors (Lipinski definition) is 0. The largest absolute Gasteiger partial charge is 0.373 e. The molecular formula is C17H22O. The molecule has 0 aliphatic carbocycles. The van der Waals surface area contributed by atoms with Crippen LogP contribution in [0.3, 0.4) is 0 Å². The molecule has 0 heterocycles. The molecule has 96 valence electrons. The molecule has 1 atom stereocenters. The molecule has 0 fully saturated rings. The Morgan fingerprint density at radius 2 is 1.67 bits per heavy atom. The maximum absolute atomic E-state index is 6.00. The fourth-order valence-corrected chi connectivity index (χ4v) is 1.88. The lowest BCUT2D eigenvalue weighted by Gasteiger charge is -2.27. The van der Waals surface area contributed by atoms with Gasteiger partial charge in [0.2, 0.25) is 0 Å². The summed E-state index contributed by atoms with van der Waals surface area (Å²) in [6.07, 6.45) is 0.247. The van der Waals surface area contributed by atoms with Crippen LogP contribution in [0.15, 0.2) is 42.5 Å². The third kappa shape index (κ3) is 2.91. The van der Waals surface area contributed by atoms with Crippen molar-refractivity contribution >= 4 is 10.8 Å². The van der Waals surface area contributed by atoms with Crippen LogP contribution in [0, 0.1) is 5.41 Å². The predicted octanol–water partition coefficient (Wildman–Crippen LogP) is 4.79. The Kier molecular flexibility index (Phi) is 3.72. The fraction of sp³-hybridized carbons (Fsp3) is 0.412. The normalized spacial score (nSPS) is 13.8. The van der Waals surface area contributed by atoms with Crippen LogP contribution in [-0.4, -0.2) is 6.10 Å². The highest BCUT2D eigenvalue weighted by atomic mass is 16.5. The van der Waals surface area contributed by atoms with Crippen LogP contribution >= 0.6 is 0 Å². The monoisotopic (exact) mass is 242 g/mol. The molecule has 0 aliphatic heterocycles. The van der Waals surface area contributed by atoms with E-state index in [0.29, 0.717) is 6.61 Å². The fourth-order valence-electron chi connectivity index (χ4n) is 1.88. The van der Waals surface area contributed by atoms with E-state index in [0.717, 1.165) is 0 Å². The van der Waals surface area contributed by atoms with Crippen LogP contribution in [0.2, 0.25) is 0 Å². The lowest BCUT2D eigenvalue weighted by atomic mass is 9.90. The Hall–Kier alpha value is -1.34. The lowest BCUT2D eigenvalue weighted by Crippen LogP contribution is -2.25. The topological polar surface area (TPSA) is 9.23 Å². The maximum atomic E-state index is 6.00. The van der Waals surface area contributed by atoms with Gasteiger partial charge in [-0.05, 0) is 28.7 Å². The highest BCUT2D eigenvalue weighted by Gasteiger charge is 2.20. The van der Waals surface area contributed by atoms with E-state index in [2.05, 4.69) is 70.2 Å². The Bertz CT molecular complexity index is 517. The summed E-state index contributed by atoms with van der Waals surface area (Å²) in [5.74, 6) is 0. The molecular weight excluding hydrogens is 220 g/mol. The van der Waals surface area contributed by atoms with Gasteiger partial charge < -0.3 is 4.74 Å². The van der Waals surface area contributed by atoms with E-state index in [1.807, 2.05) is 0 Å². The summed E-state index contributed by atoms with van der Waals surface area (Å²) >= 11 is 0. The minimum atomic E-state index is 0.185. The maximum Gasteiger partial charge on any atom is 0.0726 e. The Morgan fingerprint density at radius 1 is 1.00 bits per heavy atom. The molecule has 18 heavy (non-hydrogen) atoms. The highest BCUT2D eigenvalue weighted by molar-refractivity contribution is 5.85. The lowest BCUT2D eigenvalue weighted by molar-refractivity contribution is -0.0148. The van der Waals surface area contributed by atoms with E-state index in [4.69, 9.17) is 4.74 Å². The second-order valence-corrected chi connectivity index (χ2v) is 5.96. The van der Waals surface area contributed by atoms with Gasteiger partial charge in [-0.1, -0.05) is 63.2 Å². The van der Waals surface area contributed by atoms with Gasteiger partial charge in [0.25, 0.3) is 0 Å². The van der Waals surface area contributed by atoms with E-state index in [-0.39, 0.29) is 11.5 Å². The molecule has 0 bridgehead atoms. The zero-order valence-electron chi connectivity index (χ0n) is 11.7. The first-order valence-corrected chi connectivity index (χ1v) is 6.57. The Labute approximate surface area is 110 Å². The third-order valence-corrected chi connectivity index (χ3v) is 3.59. The van der Waals surface area contributed by atoms with E-state index in [1.54, 1.807) is 0 Å². The molecule has 0 spiro atoms. The van der Waals surface area contributed by atoms with Crippen molar-refractivity contribution in [1.29, 1.82) is 0 Å². The molecule has 0 saturated heterocycles. The van der Waals surface area contributed by atoms with Crippen LogP contribution in [0.1, 0.15) is 33.3 Å². The van der Waals surface area contributed by atoms with E-state index in [9.17, 15) is 0 Å². The van der Waals surface area contributed by atoms with Gasteiger partial charge in [0.15, 0.2) is 0 Å². The summed E-state index contributed by atoms with van der Waals surface area (Å²) in [4.78, 5) is 0. The third-order valence-electron chi connectivity index (χ3n) is 3.59. The summed E-state index contributed by atoms with van der Waals surface area (Å²) in [7, 11) is 0. The van der Waals surface area contributed by atoms with Crippen molar-refractivity contribution in [3.05, 3.63) is 48.0 Å². The van der Waals surface area contributed by atoms with Gasteiger partial charge in [-0.25, -0.2) is 0 Å². The van der Waals surface area contributed by atoms with Crippen LogP contribution in [0.25, 0.3) is 10.8 Å². The average Bonchev–Trinajstić information content (AvgIpc) is 2.34. The summed E-state index contributed by atoms with van der Waals surface area (Å²) < 4.78 is 6.00. The first-order valence-electron chi connectivity index (χ1n) is 6.57. The molecule has 2 aromatic rings. The number of rotatable bonds is 3. The molecule has 1 nitrogen and oxygen atoms in total. The highest BCUT2D eigenvalue weighted by Crippen LogP contribution is 2.24. The zero-order valence-corrected chi connectivity index (χ0v) is 11.7. The van der Waals surface area contributed by atoms with Crippen LogP contribution < -0.4 is 0 Å². The quantitative estimate of drug-likeness (QED) is 0.752. The van der Waals surface area contributed by atoms with Crippen molar-refractivity contribution in [3.63, 3.8) is 0 Å². The smallest absolute Gasteiger partial charge is 0.0726 e. The van der Waals surface area contributed by atoms with Crippen LogP contribution in [-0.2, 0) is 11.3 Å². The van der Waals surface area contributed by atoms with E-state index >= 15 is 0 Å². The van der Waals surface area contributed by atoms with Crippen molar-refractivity contribution in [2.75, 3.05) is 0 Å². The summed E-state index contributed by atoms with van der Waals surface area (Å²) in [6, 6.07) is 14.9. The predicted molar refractivity (Wildman–Crippen MR) is 77.7 cm³/mol. The van der Waals surface area contributed by atoms with Gasteiger partial charge >= 0.3 is 0 Å². The molecule has 0 aromatic heterocycles. The van der Waals surface area contributed by atoms with Crippen molar-refractivity contribution in [2.24, 2.45) is 5.41 Å². The summed E-state index contributed by atoms with van der Waals surface area (Å²) in [5, 5.41) is 2.57. The van der Waals surface area contributed by atoms with Crippen molar-refractivity contribution < 1.29 is 4.74 Å². The summed E-state index contributed by atoms with van der Waals surface area (Å²) in [5.41, 5.74) is 1.45. The molecule has 0 amide bonds. The van der Waals surface area contributed by atoms with Gasteiger partial charge in [-0.15, -0.1) is 0 Å². The molecule has 2 aromatic carbocycles. The Morgan fingerprint density at radius 3 is 2.39 bits per heavy atom. The minimum absolute atomic E-state index is 0.185. The number of benzene rings is 2. The second-order valence-electron chi connectivity index (χ2n) is 5.96. The SMILES string of the molecule is CC(OCc1cccc2ccccc12)C(C)(C)C. The van der Waals surface area contributed by atoms with Crippen molar-refractivity contribution in [2.45, 2.75) is 40.4 Å². The van der Waals surface area contributed by atoms with E-state index < -0.39 is 0 Å². The molecule has 0 aliphatic rings. The van der Waals surface area contributed by atoms with Crippen LogP contribution in [0.5, 0.6) is 0 Å². The zero-order chi connectivity index (χ0) is 13.2. The van der Waals surface area contributed by atoms with Crippen molar-refractivity contribution in [3.8, 4) is 0 Å². The first kappa shape index (κ1) is 13.1. The molecule has 1 heteroatoms. The molecule has 1 unspecified atom stereocenters. The van der Waals surface area contributed by atoms with Gasteiger partial charge in [-0.3, -0.25) is 0 Å². The van der Waals surface area contributed by atoms with E-state index in [1.165, 1.54) is 16.3 Å². The number of hydrogen-bond acceptors (Lipinski definition) is 1. The minimum Gasteiger partial charge on any atom is -0.373 e. The summed E-state index contributed by atoms with van der Waals surface area (Å²) in [6.45, 7) is 9.45. The van der Waals surface area contributed by atoms with Crippen molar-refractivity contribution in [1.82, 2.24) is 0 Å². The number of fused-ring (bicyclic) bond motifs is 1. The van der Waals surface area contributed by atoms with Gasteiger partial charge in [0.05, 0.1) is 12.7 Å². The van der Waals surface area contributed by atoms with Gasteiger partial charge in [0, 0.05) is 0 Å². The molecule has 0 radical (unpaired) electrons. The standard InChI is InChI=1S/C17H22O/c1-13(17(2,3)4)18-12-15-10-7-9-14-8-5-6-11-16(14)15/h5-11,13H,12H2,1-4H3. The van der Waals surface area contributed by atoms with Crippen LogP contribution in [0.4, 0.5) is 0 Å². The average molecular weight is 242 g/mol. The molecule has 2 rings (SSSR count).